The minimum absolute atomic E-state index is 0.0218. The molecule has 3 aromatic rings. The van der Waals surface area contributed by atoms with Gasteiger partial charge in [0.05, 0.1) is 12.0 Å². The quantitative estimate of drug-likeness (QED) is 0.686. The van der Waals surface area contributed by atoms with Crippen LogP contribution in [0.25, 0.3) is 0 Å². The number of aromatic nitrogens is 1. The first-order valence-corrected chi connectivity index (χ1v) is 7.69. The normalized spacial score (nSPS) is 20.2. The summed E-state index contributed by atoms with van der Waals surface area (Å²) in [6, 6.07) is 24.0. The van der Waals surface area contributed by atoms with Crippen LogP contribution in [0.3, 0.4) is 0 Å². The molecule has 3 nitrogen and oxygen atoms in total. The number of hydrogen-bond donors (Lipinski definition) is 0. The fourth-order valence-corrected chi connectivity index (χ4v) is 3.26. The smallest absolute Gasteiger partial charge is 0.237 e. The summed E-state index contributed by atoms with van der Waals surface area (Å²) < 4.78 is 0. The van der Waals surface area contributed by atoms with Gasteiger partial charge in [-0.25, -0.2) is 0 Å². The van der Waals surface area contributed by atoms with Crippen LogP contribution in [0.5, 0.6) is 0 Å². The van der Waals surface area contributed by atoms with Gasteiger partial charge in [0.15, 0.2) is 0 Å². The average Bonchev–Trinajstić information content (AvgIpc) is 2.62. The van der Waals surface area contributed by atoms with E-state index in [0.717, 1.165) is 16.8 Å². The lowest BCUT2D eigenvalue weighted by Gasteiger charge is -2.47. The Kier molecular flexibility index (Phi) is 3.39. The zero-order valence-corrected chi connectivity index (χ0v) is 12.5. The van der Waals surface area contributed by atoms with Crippen molar-refractivity contribution in [2.24, 2.45) is 0 Å². The van der Waals surface area contributed by atoms with Crippen LogP contribution in [-0.4, -0.2) is 10.9 Å². The van der Waals surface area contributed by atoms with Crippen molar-refractivity contribution in [2.45, 2.75) is 12.0 Å². The number of benzene rings is 2. The summed E-state index contributed by atoms with van der Waals surface area (Å²) in [7, 11) is 0. The van der Waals surface area contributed by atoms with Gasteiger partial charge in [-0.05, 0) is 23.3 Å². The summed E-state index contributed by atoms with van der Waals surface area (Å²) in [5.74, 6) is 0.00279. The van der Waals surface area contributed by atoms with Crippen LogP contribution in [0.15, 0.2) is 85.2 Å². The third-order valence-electron chi connectivity index (χ3n) is 4.34. The summed E-state index contributed by atoms with van der Waals surface area (Å²) in [5, 5.41) is 0. The third kappa shape index (κ3) is 2.30. The first-order chi connectivity index (χ1) is 11.4. The van der Waals surface area contributed by atoms with Crippen molar-refractivity contribution in [1.82, 2.24) is 4.98 Å². The van der Waals surface area contributed by atoms with Gasteiger partial charge in [-0.15, -0.1) is 0 Å². The molecule has 0 aliphatic carbocycles. The lowest BCUT2D eigenvalue weighted by atomic mass is 9.77. The highest BCUT2D eigenvalue weighted by molar-refractivity contribution is 6.06. The van der Waals surface area contributed by atoms with Gasteiger partial charge in [0, 0.05) is 18.1 Å². The van der Waals surface area contributed by atoms with Crippen molar-refractivity contribution in [3.05, 3.63) is 96.3 Å². The molecule has 1 aliphatic heterocycles. The first-order valence-electron chi connectivity index (χ1n) is 7.69. The Balaban J connectivity index is 1.78. The van der Waals surface area contributed by atoms with E-state index < -0.39 is 0 Å². The molecule has 1 aromatic heterocycles. The highest BCUT2D eigenvalue weighted by atomic mass is 16.2. The van der Waals surface area contributed by atoms with Crippen LogP contribution in [-0.2, 0) is 4.79 Å². The van der Waals surface area contributed by atoms with E-state index in [1.165, 1.54) is 0 Å². The second-order valence-electron chi connectivity index (χ2n) is 5.66. The Bertz CT molecular complexity index is 753. The molecule has 2 aromatic carbocycles. The van der Waals surface area contributed by atoms with Gasteiger partial charge in [-0.3, -0.25) is 9.78 Å². The molecule has 1 fully saturated rings. The molecule has 4 rings (SSSR count). The predicted molar refractivity (Wildman–Crippen MR) is 90.1 cm³/mol. The zero-order chi connectivity index (χ0) is 15.6. The number of hydrogen-bond acceptors (Lipinski definition) is 2. The lowest BCUT2D eigenvalue weighted by molar-refractivity contribution is -0.126. The van der Waals surface area contributed by atoms with Crippen LogP contribution in [0.4, 0.5) is 5.69 Å². The summed E-state index contributed by atoms with van der Waals surface area (Å²) in [4.78, 5) is 18.8. The van der Waals surface area contributed by atoms with Crippen LogP contribution in [0, 0.1) is 0 Å². The molecule has 1 aliphatic rings. The van der Waals surface area contributed by atoms with E-state index >= 15 is 0 Å². The first kappa shape index (κ1) is 13.7. The molecule has 1 saturated heterocycles. The maximum absolute atomic E-state index is 12.9. The fraction of sp³-hybridized carbons (Fsp3) is 0.100. The lowest BCUT2D eigenvalue weighted by Crippen LogP contribution is -2.53. The molecule has 23 heavy (non-hydrogen) atoms. The van der Waals surface area contributed by atoms with E-state index in [1.54, 1.807) is 12.4 Å². The summed E-state index contributed by atoms with van der Waals surface area (Å²) >= 11 is 0. The van der Waals surface area contributed by atoms with Gasteiger partial charge in [0.25, 0.3) is 0 Å². The summed E-state index contributed by atoms with van der Waals surface area (Å²) in [6.45, 7) is 0. The molecule has 2 heterocycles. The highest BCUT2D eigenvalue weighted by Gasteiger charge is 2.49. The number of carbonyl (C=O) groups is 1. The van der Waals surface area contributed by atoms with Gasteiger partial charge >= 0.3 is 0 Å². The highest BCUT2D eigenvalue weighted by Crippen LogP contribution is 2.48. The van der Waals surface area contributed by atoms with Crippen LogP contribution < -0.4 is 4.90 Å². The maximum atomic E-state index is 12.9. The van der Waals surface area contributed by atoms with E-state index in [0.29, 0.717) is 0 Å². The van der Waals surface area contributed by atoms with Crippen molar-refractivity contribution in [3.63, 3.8) is 0 Å². The van der Waals surface area contributed by atoms with Crippen molar-refractivity contribution in [2.75, 3.05) is 4.90 Å². The molecule has 1 amide bonds. The second-order valence-corrected chi connectivity index (χ2v) is 5.66. The van der Waals surface area contributed by atoms with Gasteiger partial charge in [-0.2, -0.15) is 0 Å². The molecule has 0 unspecified atom stereocenters. The monoisotopic (exact) mass is 300 g/mol. The number of nitrogens with zero attached hydrogens (tertiary/aromatic N) is 2. The Morgan fingerprint density at radius 3 is 1.91 bits per heavy atom. The number of carbonyl (C=O) groups excluding carboxylic acids is 1. The standard InChI is InChI=1S/C20H16N2O/c23-20-18(15-7-3-1-4-8-15)19(16-9-5-2-6-10-16)22(20)17-11-13-21-14-12-17/h1-14,18-19H/t18-,19-/m1/s1. The van der Waals surface area contributed by atoms with Gasteiger partial charge < -0.3 is 4.90 Å². The molecule has 0 spiro atoms. The van der Waals surface area contributed by atoms with E-state index in [2.05, 4.69) is 17.1 Å². The van der Waals surface area contributed by atoms with Gasteiger partial charge in [-0.1, -0.05) is 60.7 Å². The number of amides is 1. The van der Waals surface area contributed by atoms with Crippen molar-refractivity contribution < 1.29 is 4.79 Å². The number of anilines is 1. The van der Waals surface area contributed by atoms with E-state index in [4.69, 9.17) is 0 Å². The van der Waals surface area contributed by atoms with Crippen molar-refractivity contribution >= 4 is 11.6 Å². The van der Waals surface area contributed by atoms with Crippen molar-refractivity contribution in [3.8, 4) is 0 Å². The fourth-order valence-electron chi connectivity index (χ4n) is 3.26. The number of rotatable bonds is 3. The molecule has 0 saturated carbocycles. The number of pyridine rings is 1. The van der Waals surface area contributed by atoms with Crippen LogP contribution >= 0.6 is 0 Å². The SMILES string of the molecule is O=C1[C@H](c2ccccc2)[C@@H](c2ccccc2)N1c1ccncc1. The molecule has 0 radical (unpaired) electrons. The predicted octanol–water partition coefficient (Wildman–Crippen LogP) is 3.95. The summed E-state index contributed by atoms with van der Waals surface area (Å²) in [5.41, 5.74) is 3.11. The Morgan fingerprint density at radius 1 is 0.739 bits per heavy atom. The average molecular weight is 300 g/mol. The molecule has 0 bridgehead atoms. The summed E-state index contributed by atoms with van der Waals surface area (Å²) in [6.07, 6.45) is 3.45. The molecule has 112 valence electrons. The topological polar surface area (TPSA) is 33.2 Å². The molecule has 0 N–H and O–H groups in total. The second kappa shape index (κ2) is 5.69. The minimum atomic E-state index is -0.133. The third-order valence-corrected chi connectivity index (χ3v) is 4.34. The van der Waals surface area contributed by atoms with Gasteiger partial charge in [0.1, 0.15) is 0 Å². The number of β-lactam (4-membered cyclic amide) rings is 1. The van der Waals surface area contributed by atoms with Gasteiger partial charge in [0.2, 0.25) is 5.91 Å². The van der Waals surface area contributed by atoms with Crippen molar-refractivity contribution in [1.29, 1.82) is 0 Å². The molecular weight excluding hydrogens is 284 g/mol. The Hall–Kier alpha value is -2.94. The Morgan fingerprint density at radius 2 is 1.30 bits per heavy atom. The molecular formula is C20H16N2O. The van der Waals surface area contributed by atoms with E-state index in [9.17, 15) is 4.79 Å². The van der Waals surface area contributed by atoms with Crippen LogP contribution in [0.2, 0.25) is 0 Å². The largest absolute Gasteiger partial charge is 0.303 e. The van der Waals surface area contributed by atoms with E-state index in [1.807, 2.05) is 65.6 Å². The molecule has 2 atom stereocenters. The zero-order valence-electron chi connectivity index (χ0n) is 12.5. The van der Waals surface area contributed by atoms with Crippen LogP contribution in [0.1, 0.15) is 23.1 Å². The Labute approximate surface area is 135 Å². The van der Waals surface area contributed by atoms with E-state index in [-0.39, 0.29) is 17.9 Å². The maximum Gasteiger partial charge on any atom is 0.237 e. The minimum Gasteiger partial charge on any atom is -0.303 e. The molecule has 3 heteroatoms.